The van der Waals surface area contributed by atoms with Gasteiger partial charge in [-0.2, -0.15) is 0 Å². The Bertz CT molecular complexity index is 368. The number of hydrogen-bond acceptors (Lipinski definition) is 3. The van der Waals surface area contributed by atoms with Crippen molar-refractivity contribution in [3.05, 3.63) is 20.8 Å². The van der Waals surface area contributed by atoms with Crippen LogP contribution < -0.4 is 5.32 Å². The van der Waals surface area contributed by atoms with E-state index in [1.807, 2.05) is 0 Å². The number of halogens is 1. The zero-order valence-electron chi connectivity index (χ0n) is 10.2. The molecule has 1 aliphatic rings. The van der Waals surface area contributed by atoms with Crippen LogP contribution in [0.2, 0.25) is 0 Å². The molecule has 2 atom stereocenters. The van der Waals surface area contributed by atoms with E-state index in [1.54, 1.807) is 11.3 Å². The maximum atomic E-state index is 9.69. The van der Waals surface area contributed by atoms with Crippen molar-refractivity contribution in [3.63, 3.8) is 0 Å². The molecule has 0 saturated heterocycles. The Morgan fingerprint density at radius 3 is 3.06 bits per heavy atom. The van der Waals surface area contributed by atoms with Crippen LogP contribution in [0, 0.1) is 5.92 Å². The number of nitrogens with one attached hydrogen (secondary N) is 1. The summed E-state index contributed by atoms with van der Waals surface area (Å²) in [6.07, 6.45) is 4.70. The van der Waals surface area contributed by atoms with Gasteiger partial charge in [0.05, 0.1) is 6.61 Å². The fraction of sp³-hybridized carbons (Fsp3) is 0.692. The fourth-order valence-electron chi connectivity index (χ4n) is 2.74. The fourth-order valence-corrected chi connectivity index (χ4v) is 4.17. The van der Waals surface area contributed by atoms with E-state index in [2.05, 4.69) is 39.6 Å². The Balaban J connectivity index is 1.97. The number of aliphatic hydroxyl groups is 1. The van der Waals surface area contributed by atoms with Crippen LogP contribution in [0.25, 0.3) is 0 Å². The van der Waals surface area contributed by atoms with Gasteiger partial charge in [0.25, 0.3) is 0 Å². The predicted octanol–water partition coefficient (Wildman–Crippen LogP) is 3.54. The molecule has 0 radical (unpaired) electrons. The van der Waals surface area contributed by atoms with Crippen LogP contribution in [0.15, 0.2) is 15.9 Å². The van der Waals surface area contributed by atoms with Crippen LogP contribution >= 0.6 is 27.3 Å². The average molecular weight is 318 g/mol. The highest BCUT2D eigenvalue weighted by Gasteiger charge is 2.33. The molecule has 2 N–H and O–H groups in total. The van der Waals surface area contributed by atoms with Crippen LogP contribution in [-0.4, -0.2) is 17.3 Å². The van der Waals surface area contributed by atoms with Crippen molar-refractivity contribution in [2.24, 2.45) is 5.92 Å². The van der Waals surface area contributed by atoms with Crippen LogP contribution in [0.1, 0.15) is 37.5 Å². The van der Waals surface area contributed by atoms with Crippen molar-refractivity contribution in [1.29, 1.82) is 0 Å². The first-order chi connectivity index (χ1) is 8.15. The SMILES string of the molecule is CC1CCCC(CO)(NCc2sccc2Br)C1. The standard InChI is InChI=1S/C13H20BrNOS/c1-10-3-2-5-13(7-10,9-16)15-8-12-11(14)4-6-17-12/h4,6,10,15-16H,2-3,5,7-9H2,1H3. The van der Waals surface area contributed by atoms with E-state index in [-0.39, 0.29) is 12.1 Å². The van der Waals surface area contributed by atoms with E-state index < -0.39 is 0 Å². The molecule has 0 aromatic carbocycles. The zero-order chi connectivity index (χ0) is 12.3. The largest absolute Gasteiger partial charge is 0.394 e. The van der Waals surface area contributed by atoms with Gasteiger partial charge < -0.3 is 10.4 Å². The molecular weight excluding hydrogens is 298 g/mol. The van der Waals surface area contributed by atoms with E-state index in [0.717, 1.165) is 25.3 Å². The second-order valence-electron chi connectivity index (χ2n) is 5.19. The van der Waals surface area contributed by atoms with Gasteiger partial charge in [-0.25, -0.2) is 0 Å². The summed E-state index contributed by atoms with van der Waals surface area (Å²) in [5, 5.41) is 15.4. The molecule has 4 heteroatoms. The average Bonchev–Trinajstić information content (AvgIpc) is 2.72. The third-order valence-electron chi connectivity index (χ3n) is 3.71. The van der Waals surface area contributed by atoms with E-state index >= 15 is 0 Å². The molecule has 0 spiro atoms. The molecule has 2 rings (SSSR count). The lowest BCUT2D eigenvalue weighted by atomic mass is 9.77. The molecule has 2 unspecified atom stereocenters. The maximum absolute atomic E-state index is 9.69. The van der Waals surface area contributed by atoms with Gasteiger partial charge in [-0.3, -0.25) is 0 Å². The monoisotopic (exact) mass is 317 g/mol. The van der Waals surface area contributed by atoms with Crippen molar-refractivity contribution in [2.75, 3.05) is 6.61 Å². The van der Waals surface area contributed by atoms with Crippen LogP contribution in [0.3, 0.4) is 0 Å². The molecule has 0 aliphatic heterocycles. The summed E-state index contributed by atoms with van der Waals surface area (Å²) in [6, 6.07) is 2.08. The molecule has 1 aromatic heterocycles. The quantitative estimate of drug-likeness (QED) is 0.890. The van der Waals surface area contributed by atoms with Gasteiger partial charge in [-0.05, 0) is 46.1 Å². The number of thiophene rings is 1. The Morgan fingerprint density at radius 2 is 2.47 bits per heavy atom. The molecule has 1 fully saturated rings. The summed E-state index contributed by atoms with van der Waals surface area (Å²) in [6.45, 7) is 3.39. The Morgan fingerprint density at radius 1 is 1.65 bits per heavy atom. The van der Waals surface area contributed by atoms with E-state index in [1.165, 1.54) is 22.2 Å². The molecule has 2 nitrogen and oxygen atoms in total. The smallest absolute Gasteiger partial charge is 0.0613 e. The molecule has 96 valence electrons. The predicted molar refractivity (Wildman–Crippen MR) is 76.3 cm³/mol. The minimum atomic E-state index is -0.0545. The molecule has 1 aromatic rings. The first-order valence-corrected chi connectivity index (χ1v) is 7.90. The summed E-state index contributed by atoms with van der Waals surface area (Å²) < 4.78 is 1.17. The summed E-state index contributed by atoms with van der Waals surface area (Å²) in [5.74, 6) is 0.718. The maximum Gasteiger partial charge on any atom is 0.0613 e. The summed E-state index contributed by atoms with van der Waals surface area (Å²) in [4.78, 5) is 1.32. The number of hydrogen-bond donors (Lipinski definition) is 2. The highest BCUT2D eigenvalue weighted by molar-refractivity contribution is 9.10. The third kappa shape index (κ3) is 3.31. The molecular formula is C13H20BrNOS. The second-order valence-corrected chi connectivity index (χ2v) is 7.04. The summed E-state index contributed by atoms with van der Waals surface area (Å²) >= 11 is 5.31. The van der Waals surface area contributed by atoms with Crippen LogP contribution in [0.5, 0.6) is 0 Å². The van der Waals surface area contributed by atoms with Gasteiger partial charge in [-0.15, -0.1) is 11.3 Å². The lowest BCUT2D eigenvalue weighted by Crippen LogP contribution is -2.50. The normalized spacial score (nSPS) is 29.5. The lowest BCUT2D eigenvalue weighted by molar-refractivity contribution is 0.0984. The second kappa shape index (κ2) is 5.83. The Hall–Kier alpha value is 0.100. The third-order valence-corrected chi connectivity index (χ3v) is 5.64. The molecule has 1 heterocycles. The van der Waals surface area contributed by atoms with Crippen molar-refractivity contribution in [3.8, 4) is 0 Å². The van der Waals surface area contributed by atoms with Gasteiger partial charge in [0, 0.05) is 21.4 Å². The van der Waals surface area contributed by atoms with Crippen LogP contribution in [-0.2, 0) is 6.54 Å². The van der Waals surface area contributed by atoms with Crippen molar-refractivity contribution >= 4 is 27.3 Å². The molecule has 0 amide bonds. The molecule has 1 saturated carbocycles. The molecule has 0 bridgehead atoms. The summed E-state index contributed by atoms with van der Waals surface area (Å²) in [5.41, 5.74) is -0.0545. The zero-order valence-corrected chi connectivity index (χ0v) is 12.6. The van der Waals surface area contributed by atoms with Gasteiger partial charge in [0.15, 0.2) is 0 Å². The van der Waals surface area contributed by atoms with Gasteiger partial charge in [0.2, 0.25) is 0 Å². The topological polar surface area (TPSA) is 32.3 Å². The van der Waals surface area contributed by atoms with E-state index in [4.69, 9.17) is 0 Å². The van der Waals surface area contributed by atoms with Gasteiger partial charge in [0.1, 0.15) is 0 Å². The number of aliphatic hydroxyl groups excluding tert-OH is 1. The Labute approximate surface area is 116 Å². The van der Waals surface area contributed by atoms with E-state index in [9.17, 15) is 5.11 Å². The van der Waals surface area contributed by atoms with Crippen molar-refractivity contribution in [2.45, 2.75) is 44.7 Å². The minimum Gasteiger partial charge on any atom is -0.394 e. The highest BCUT2D eigenvalue weighted by Crippen LogP contribution is 2.33. The number of rotatable bonds is 4. The Kier molecular flexibility index (Phi) is 4.64. The first-order valence-electron chi connectivity index (χ1n) is 6.23. The lowest BCUT2D eigenvalue weighted by Gasteiger charge is -2.39. The summed E-state index contributed by atoms with van der Waals surface area (Å²) in [7, 11) is 0. The van der Waals surface area contributed by atoms with Crippen LogP contribution in [0.4, 0.5) is 0 Å². The van der Waals surface area contributed by atoms with E-state index in [0.29, 0.717) is 0 Å². The van der Waals surface area contributed by atoms with Gasteiger partial charge >= 0.3 is 0 Å². The molecule has 17 heavy (non-hydrogen) atoms. The highest BCUT2D eigenvalue weighted by atomic mass is 79.9. The van der Waals surface area contributed by atoms with Crippen molar-refractivity contribution < 1.29 is 5.11 Å². The van der Waals surface area contributed by atoms with Crippen molar-refractivity contribution in [1.82, 2.24) is 5.32 Å². The van der Waals surface area contributed by atoms with Gasteiger partial charge in [-0.1, -0.05) is 19.8 Å². The minimum absolute atomic E-state index is 0.0545. The first kappa shape index (κ1) is 13.5. The molecule has 1 aliphatic carbocycles.